The van der Waals surface area contributed by atoms with Crippen molar-refractivity contribution in [1.82, 2.24) is 0 Å². The van der Waals surface area contributed by atoms with Crippen molar-refractivity contribution in [3.63, 3.8) is 0 Å². The number of quaternary nitrogens is 1. The van der Waals surface area contributed by atoms with E-state index in [9.17, 15) is 0 Å². The van der Waals surface area contributed by atoms with Crippen LogP contribution in [0.4, 0.5) is 0 Å². The van der Waals surface area contributed by atoms with E-state index < -0.39 is 0 Å². The van der Waals surface area contributed by atoms with Gasteiger partial charge in [-0.3, -0.25) is 0 Å². The first-order valence-electron chi connectivity index (χ1n) is 8.12. The third-order valence-corrected chi connectivity index (χ3v) is 3.66. The molecule has 0 fully saturated rings. The summed E-state index contributed by atoms with van der Waals surface area (Å²) < 4.78 is 0. The summed E-state index contributed by atoms with van der Waals surface area (Å²) in [5.74, 6) is 0. The van der Waals surface area contributed by atoms with Crippen LogP contribution in [-0.4, -0.2) is 20.1 Å². The van der Waals surface area contributed by atoms with E-state index in [0.717, 1.165) is 0 Å². The van der Waals surface area contributed by atoms with Gasteiger partial charge in [0, 0.05) is 0 Å². The van der Waals surface area contributed by atoms with Crippen LogP contribution in [0.1, 0.15) is 84.5 Å². The Morgan fingerprint density at radius 3 is 1.28 bits per heavy atom. The zero-order chi connectivity index (χ0) is 12.8. The van der Waals surface area contributed by atoms with Crippen LogP contribution in [0.25, 0.3) is 0 Å². The van der Waals surface area contributed by atoms with Gasteiger partial charge < -0.3 is 21.9 Å². The molecule has 1 N–H and O–H groups in total. The maximum atomic E-state index is 2.37. The molecule has 1 unspecified atom stereocenters. The molecule has 0 bridgehead atoms. The number of hydrogen-bond acceptors (Lipinski definition) is 0. The third-order valence-electron chi connectivity index (χ3n) is 3.66. The van der Waals surface area contributed by atoms with E-state index in [0.29, 0.717) is 0 Å². The van der Waals surface area contributed by atoms with Crippen LogP contribution in [0.5, 0.6) is 0 Å². The second-order valence-corrected chi connectivity index (χ2v) is 5.64. The van der Waals surface area contributed by atoms with Crippen molar-refractivity contribution in [1.29, 1.82) is 0 Å². The Morgan fingerprint density at radius 2 is 0.889 bits per heavy atom. The molecule has 1 atom stereocenters. The first kappa shape index (κ1) is 20.8. The van der Waals surface area contributed by atoms with Crippen molar-refractivity contribution in [2.45, 2.75) is 84.5 Å². The summed E-state index contributed by atoms with van der Waals surface area (Å²) in [7, 11) is 2.37. The molecule has 18 heavy (non-hydrogen) atoms. The number of halogens is 1. The van der Waals surface area contributed by atoms with Crippen LogP contribution in [0.15, 0.2) is 0 Å². The van der Waals surface area contributed by atoms with Crippen LogP contribution >= 0.6 is 0 Å². The standard InChI is InChI=1S/C16H35N.BrH/c1-4-6-8-10-12-14-16-17(3)15-13-11-9-7-5-2;/h4-16H2,1-3H3;1H. The van der Waals surface area contributed by atoms with Crippen LogP contribution in [0.2, 0.25) is 0 Å². The van der Waals surface area contributed by atoms with E-state index in [4.69, 9.17) is 0 Å². The van der Waals surface area contributed by atoms with Gasteiger partial charge in [-0.2, -0.15) is 0 Å². The Balaban J connectivity index is 0. The molecule has 0 aromatic carbocycles. The van der Waals surface area contributed by atoms with Crippen molar-refractivity contribution in [3.8, 4) is 0 Å². The smallest absolute Gasteiger partial charge is 0.0768 e. The maximum absolute atomic E-state index is 2.37. The minimum Gasteiger partial charge on any atom is -1.00 e. The largest absolute Gasteiger partial charge is 1.00 e. The Labute approximate surface area is 126 Å². The highest BCUT2D eigenvalue weighted by atomic mass is 79.9. The monoisotopic (exact) mass is 321 g/mol. The molecule has 0 aromatic rings. The molecule has 0 radical (unpaired) electrons. The van der Waals surface area contributed by atoms with Crippen molar-refractivity contribution in [3.05, 3.63) is 0 Å². The molecule has 2 heteroatoms. The van der Waals surface area contributed by atoms with Crippen LogP contribution in [-0.2, 0) is 0 Å². The molecule has 0 saturated heterocycles. The molecule has 0 spiro atoms. The van der Waals surface area contributed by atoms with Gasteiger partial charge in [0.2, 0.25) is 0 Å². The number of hydrogen-bond donors (Lipinski definition) is 1. The quantitative estimate of drug-likeness (QED) is 0.479. The maximum Gasteiger partial charge on any atom is 0.0768 e. The van der Waals surface area contributed by atoms with E-state index >= 15 is 0 Å². The molecule has 0 heterocycles. The normalized spacial score (nSPS) is 12.2. The summed E-state index contributed by atoms with van der Waals surface area (Å²) in [5, 5.41) is 0. The van der Waals surface area contributed by atoms with Gasteiger partial charge in [-0.15, -0.1) is 0 Å². The molecule has 0 aliphatic heterocycles. The first-order valence-corrected chi connectivity index (χ1v) is 8.12. The topological polar surface area (TPSA) is 4.44 Å². The highest BCUT2D eigenvalue weighted by molar-refractivity contribution is 4.43. The summed E-state index contributed by atoms with van der Waals surface area (Å²) in [5.41, 5.74) is 0. The van der Waals surface area contributed by atoms with Crippen LogP contribution < -0.4 is 21.9 Å². The zero-order valence-corrected chi connectivity index (χ0v) is 14.7. The van der Waals surface area contributed by atoms with Gasteiger partial charge in [0.1, 0.15) is 0 Å². The molecule has 0 aromatic heterocycles. The predicted octanol–water partition coefficient (Wildman–Crippen LogP) is 0.836. The Kier molecular flexibility index (Phi) is 20.1. The van der Waals surface area contributed by atoms with Gasteiger partial charge in [0.15, 0.2) is 0 Å². The van der Waals surface area contributed by atoms with Crippen LogP contribution in [0, 0.1) is 0 Å². The summed E-state index contributed by atoms with van der Waals surface area (Å²) in [6.07, 6.45) is 15.7. The SMILES string of the molecule is CCCCCCCC[NH+](C)CCCCCCC.[Br-]. The third kappa shape index (κ3) is 16.4. The summed E-state index contributed by atoms with van der Waals surface area (Å²) in [6.45, 7) is 7.35. The van der Waals surface area contributed by atoms with Gasteiger partial charge in [0.25, 0.3) is 0 Å². The molecule has 1 nitrogen and oxygen atoms in total. The Bertz CT molecular complexity index is 139. The molecule has 0 rings (SSSR count). The second kappa shape index (κ2) is 17.4. The average Bonchev–Trinajstić information content (AvgIpc) is 2.33. The highest BCUT2D eigenvalue weighted by Gasteiger charge is 2.01. The lowest BCUT2D eigenvalue weighted by atomic mass is 10.1. The van der Waals surface area contributed by atoms with Crippen molar-refractivity contribution >= 4 is 0 Å². The summed E-state index contributed by atoms with van der Waals surface area (Å²) in [4.78, 5) is 1.75. The highest BCUT2D eigenvalue weighted by Crippen LogP contribution is 2.03. The van der Waals surface area contributed by atoms with Crippen molar-refractivity contribution in [2.24, 2.45) is 0 Å². The minimum absolute atomic E-state index is 0. The molecular formula is C16H36BrN. The predicted molar refractivity (Wildman–Crippen MR) is 78.8 cm³/mol. The summed E-state index contributed by atoms with van der Waals surface area (Å²) in [6, 6.07) is 0. The minimum atomic E-state index is 0. The van der Waals surface area contributed by atoms with Gasteiger partial charge in [0.05, 0.1) is 20.1 Å². The Hall–Kier alpha value is 0.440. The van der Waals surface area contributed by atoms with Gasteiger partial charge in [-0.1, -0.05) is 58.8 Å². The number of nitrogens with one attached hydrogen (secondary N) is 1. The fraction of sp³-hybridized carbons (Fsp3) is 1.00. The lowest BCUT2D eigenvalue weighted by molar-refractivity contribution is -0.880. The lowest BCUT2D eigenvalue weighted by Crippen LogP contribution is -3.09. The molecule has 0 saturated carbocycles. The van der Waals surface area contributed by atoms with Crippen LogP contribution in [0.3, 0.4) is 0 Å². The summed E-state index contributed by atoms with van der Waals surface area (Å²) >= 11 is 0. The molecule has 0 aliphatic rings. The van der Waals surface area contributed by atoms with Crippen molar-refractivity contribution in [2.75, 3.05) is 20.1 Å². The van der Waals surface area contributed by atoms with E-state index in [2.05, 4.69) is 20.9 Å². The van der Waals surface area contributed by atoms with E-state index in [1.54, 1.807) is 4.90 Å². The van der Waals surface area contributed by atoms with E-state index in [-0.39, 0.29) is 17.0 Å². The van der Waals surface area contributed by atoms with Gasteiger partial charge in [-0.05, 0) is 25.7 Å². The molecule has 112 valence electrons. The molecule has 0 amide bonds. The second-order valence-electron chi connectivity index (χ2n) is 5.64. The zero-order valence-electron chi connectivity index (χ0n) is 13.1. The lowest BCUT2D eigenvalue weighted by Gasteiger charge is -2.13. The average molecular weight is 322 g/mol. The van der Waals surface area contributed by atoms with Gasteiger partial charge in [-0.25, -0.2) is 0 Å². The molecule has 0 aliphatic carbocycles. The number of rotatable bonds is 13. The Morgan fingerprint density at radius 1 is 0.556 bits per heavy atom. The van der Waals surface area contributed by atoms with Gasteiger partial charge >= 0.3 is 0 Å². The first-order chi connectivity index (χ1) is 8.31. The van der Waals surface area contributed by atoms with Crippen molar-refractivity contribution < 1.29 is 21.9 Å². The van der Waals surface area contributed by atoms with E-state index in [1.165, 1.54) is 83.7 Å². The van der Waals surface area contributed by atoms with E-state index in [1.807, 2.05) is 0 Å². The number of unbranched alkanes of at least 4 members (excludes halogenated alkanes) is 9. The molecular weight excluding hydrogens is 286 g/mol. The fourth-order valence-corrected chi connectivity index (χ4v) is 2.36. The fourth-order valence-electron chi connectivity index (χ4n) is 2.36.